The highest BCUT2D eigenvalue weighted by Crippen LogP contribution is 2.08. The second-order valence-electron chi connectivity index (χ2n) is 5.59. The Hall–Kier alpha value is -1.83. The molecule has 0 aromatic heterocycles. The van der Waals surface area contributed by atoms with E-state index in [1.165, 1.54) is 0 Å². The van der Waals surface area contributed by atoms with Crippen molar-refractivity contribution in [3.63, 3.8) is 0 Å². The zero-order chi connectivity index (χ0) is 16.5. The number of rotatable bonds is 8. The van der Waals surface area contributed by atoms with Crippen LogP contribution in [0.15, 0.2) is 0 Å². The van der Waals surface area contributed by atoms with Gasteiger partial charge in [0.05, 0.1) is 0 Å². The van der Waals surface area contributed by atoms with Gasteiger partial charge in [0.1, 0.15) is 18.2 Å². The van der Waals surface area contributed by atoms with Crippen LogP contribution in [0.3, 0.4) is 0 Å². The summed E-state index contributed by atoms with van der Waals surface area (Å²) < 4.78 is 5.08. The van der Waals surface area contributed by atoms with Crippen molar-refractivity contribution in [2.45, 2.75) is 51.7 Å². The van der Waals surface area contributed by atoms with Gasteiger partial charge in [0, 0.05) is 0 Å². The number of aliphatic carboxylic acids is 1. The zero-order valence-corrected chi connectivity index (χ0v) is 12.8. The molecule has 0 aromatic rings. The fraction of sp³-hybridized carbons (Fsp3) is 0.769. The normalized spacial score (nSPS) is 12.4. The molecule has 122 valence electrons. The molecule has 0 aromatic carbocycles. The number of ether oxygens (including phenoxy) is 1. The smallest absolute Gasteiger partial charge is 0.408 e. The van der Waals surface area contributed by atoms with Gasteiger partial charge < -0.3 is 26.2 Å². The molecule has 8 nitrogen and oxygen atoms in total. The van der Waals surface area contributed by atoms with E-state index >= 15 is 0 Å². The van der Waals surface area contributed by atoms with Gasteiger partial charge >= 0.3 is 12.1 Å². The molecule has 1 atom stereocenters. The van der Waals surface area contributed by atoms with Crippen molar-refractivity contribution in [1.82, 2.24) is 10.6 Å². The van der Waals surface area contributed by atoms with Crippen LogP contribution >= 0.6 is 0 Å². The number of nitrogens with two attached hydrogens (primary N) is 1. The molecule has 0 rings (SSSR count). The van der Waals surface area contributed by atoms with E-state index in [2.05, 4.69) is 10.6 Å². The van der Waals surface area contributed by atoms with Gasteiger partial charge in [0.2, 0.25) is 5.91 Å². The van der Waals surface area contributed by atoms with E-state index in [4.69, 9.17) is 15.6 Å². The number of carboxylic acids is 1. The average Bonchev–Trinajstić information content (AvgIpc) is 2.32. The lowest BCUT2D eigenvalue weighted by atomic mass is 10.1. The van der Waals surface area contributed by atoms with Crippen LogP contribution in [0, 0.1) is 0 Å². The number of carbonyl (C=O) groups is 3. The predicted octanol–water partition coefficient (Wildman–Crippen LogP) is 0.210. The molecule has 8 heteroatoms. The maximum atomic E-state index is 11.9. The lowest BCUT2D eigenvalue weighted by molar-refractivity contribution is -0.138. The Morgan fingerprint density at radius 2 is 1.86 bits per heavy atom. The zero-order valence-electron chi connectivity index (χ0n) is 12.8. The van der Waals surface area contributed by atoms with Gasteiger partial charge in [-0.15, -0.1) is 0 Å². The summed E-state index contributed by atoms with van der Waals surface area (Å²) in [5.41, 5.74) is 4.71. The second kappa shape index (κ2) is 9.17. The lowest BCUT2D eigenvalue weighted by Crippen LogP contribution is -2.49. The highest BCUT2D eigenvalue weighted by molar-refractivity contribution is 5.87. The lowest BCUT2D eigenvalue weighted by Gasteiger charge is -2.23. The topological polar surface area (TPSA) is 131 Å². The number of amides is 2. The summed E-state index contributed by atoms with van der Waals surface area (Å²) in [6, 6.07) is -0.842. The first kappa shape index (κ1) is 19.2. The van der Waals surface area contributed by atoms with E-state index in [1.54, 1.807) is 20.8 Å². The van der Waals surface area contributed by atoms with Crippen LogP contribution in [0.4, 0.5) is 4.79 Å². The van der Waals surface area contributed by atoms with E-state index in [9.17, 15) is 14.4 Å². The van der Waals surface area contributed by atoms with Crippen molar-refractivity contribution in [3.8, 4) is 0 Å². The Labute approximate surface area is 124 Å². The molecule has 0 bridgehead atoms. The van der Waals surface area contributed by atoms with Gasteiger partial charge in [-0.3, -0.25) is 9.59 Å². The molecule has 0 spiro atoms. The first-order valence-electron chi connectivity index (χ1n) is 6.85. The number of alkyl carbamates (subject to hydrolysis) is 1. The molecular formula is C13H25N3O5. The SMILES string of the molecule is CC(C)(C)OC(=O)NC(CCCCN)C(=O)NCC(=O)O. The van der Waals surface area contributed by atoms with Crippen molar-refractivity contribution < 1.29 is 24.2 Å². The van der Waals surface area contributed by atoms with Crippen LogP contribution in [0.1, 0.15) is 40.0 Å². The number of carbonyl (C=O) groups excluding carboxylic acids is 2. The van der Waals surface area contributed by atoms with Gasteiger partial charge in [-0.2, -0.15) is 0 Å². The Bertz CT molecular complexity index is 365. The van der Waals surface area contributed by atoms with E-state index < -0.39 is 36.2 Å². The van der Waals surface area contributed by atoms with E-state index in [0.29, 0.717) is 25.8 Å². The molecule has 0 aliphatic rings. The number of hydrogen-bond donors (Lipinski definition) is 4. The second-order valence-corrected chi connectivity index (χ2v) is 5.59. The van der Waals surface area contributed by atoms with Crippen LogP contribution in [-0.4, -0.2) is 47.8 Å². The minimum atomic E-state index is -1.15. The van der Waals surface area contributed by atoms with Crippen LogP contribution in [-0.2, 0) is 14.3 Å². The molecule has 0 saturated heterocycles. The van der Waals surface area contributed by atoms with Gasteiger partial charge in [0.25, 0.3) is 0 Å². The maximum absolute atomic E-state index is 11.9. The summed E-state index contributed by atoms with van der Waals surface area (Å²) in [5, 5.41) is 13.2. The van der Waals surface area contributed by atoms with Gasteiger partial charge in [-0.25, -0.2) is 4.79 Å². The van der Waals surface area contributed by atoms with Crippen molar-refractivity contribution in [3.05, 3.63) is 0 Å². The molecule has 0 heterocycles. The van der Waals surface area contributed by atoms with Gasteiger partial charge in [0.15, 0.2) is 0 Å². The van der Waals surface area contributed by atoms with Crippen molar-refractivity contribution in [2.75, 3.05) is 13.1 Å². The first-order valence-corrected chi connectivity index (χ1v) is 6.85. The molecule has 21 heavy (non-hydrogen) atoms. The standard InChI is InChI=1S/C13H25N3O5/c1-13(2,3)21-12(20)16-9(6-4-5-7-14)11(19)15-8-10(17)18/h9H,4-8,14H2,1-3H3,(H,15,19)(H,16,20)(H,17,18). The highest BCUT2D eigenvalue weighted by Gasteiger charge is 2.24. The summed E-state index contributed by atoms with van der Waals surface area (Å²) in [6.45, 7) is 5.11. The third-order valence-electron chi connectivity index (χ3n) is 2.37. The van der Waals surface area contributed by atoms with Gasteiger partial charge in [-0.05, 0) is 46.6 Å². The molecule has 0 radical (unpaired) electrons. The monoisotopic (exact) mass is 303 g/mol. The molecule has 0 fully saturated rings. The maximum Gasteiger partial charge on any atom is 0.408 e. The Morgan fingerprint density at radius 1 is 1.24 bits per heavy atom. The number of carboxylic acid groups (broad SMARTS) is 1. The quantitative estimate of drug-likeness (QED) is 0.474. The molecule has 0 aliphatic carbocycles. The van der Waals surface area contributed by atoms with Crippen molar-refractivity contribution in [1.29, 1.82) is 0 Å². The van der Waals surface area contributed by atoms with Crippen LogP contribution in [0.5, 0.6) is 0 Å². The average molecular weight is 303 g/mol. The summed E-state index contributed by atoms with van der Waals surface area (Å²) in [4.78, 5) is 34.0. The van der Waals surface area contributed by atoms with E-state index in [1.807, 2.05) is 0 Å². The molecule has 0 aliphatic heterocycles. The third-order valence-corrected chi connectivity index (χ3v) is 2.37. The van der Waals surface area contributed by atoms with E-state index in [0.717, 1.165) is 0 Å². The minimum absolute atomic E-state index is 0.363. The highest BCUT2D eigenvalue weighted by atomic mass is 16.6. The minimum Gasteiger partial charge on any atom is -0.480 e. The van der Waals surface area contributed by atoms with Crippen molar-refractivity contribution in [2.24, 2.45) is 5.73 Å². The Morgan fingerprint density at radius 3 is 2.33 bits per heavy atom. The summed E-state index contributed by atoms with van der Waals surface area (Å²) >= 11 is 0. The van der Waals surface area contributed by atoms with Gasteiger partial charge in [-0.1, -0.05) is 0 Å². The molecule has 1 unspecified atom stereocenters. The molecule has 0 saturated carbocycles. The summed E-state index contributed by atoms with van der Waals surface area (Å²) in [6.07, 6.45) is 0.989. The molecule has 5 N–H and O–H groups in total. The predicted molar refractivity (Wildman–Crippen MR) is 76.7 cm³/mol. The number of unbranched alkanes of at least 4 members (excludes halogenated alkanes) is 1. The van der Waals surface area contributed by atoms with E-state index in [-0.39, 0.29) is 0 Å². The molecule has 2 amide bonds. The summed E-state index contributed by atoms with van der Waals surface area (Å²) in [7, 11) is 0. The first-order chi connectivity index (χ1) is 9.65. The number of nitrogens with one attached hydrogen (secondary N) is 2. The fourth-order valence-corrected chi connectivity index (χ4v) is 1.50. The van der Waals surface area contributed by atoms with Crippen LogP contribution < -0.4 is 16.4 Å². The molecular weight excluding hydrogens is 278 g/mol. The van der Waals surface area contributed by atoms with Crippen molar-refractivity contribution >= 4 is 18.0 Å². The summed E-state index contributed by atoms with van der Waals surface area (Å²) in [5.74, 6) is -1.71. The fourth-order valence-electron chi connectivity index (χ4n) is 1.50. The Balaban J connectivity index is 4.53. The van der Waals surface area contributed by atoms with Crippen LogP contribution in [0.2, 0.25) is 0 Å². The number of hydrogen-bond acceptors (Lipinski definition) is 5. The Kier molecular flexibility index (Phi) is 8.37. The van der Waals surface area contributed by atoms with Crippen LogP contribution in [0.25, 0.3) is 0 Å². The third kappa shape index (κ3) is 10.6. The largest absolute Gasteiger partial charge is 0.480 e.